The number of esters is 1. The molecule has 5 aliphatic rings. The van der Waals surface area contributed by atoms with E-state index in [2.05, 4.69) is 77.5 Å². The zero-order valence-corrected chi connectivity index (χ0v) is 38.3. The molecule has 0 radical (unpaired) electrons. The molecule has 0 amide bonds. The van der Waals surface area contributed by atoms with Crippen molar-refractivity contribution in [2.45, 2.75) is 133 Å². The van der Waals surface area contributed by atoms with Crippen LogP contribution in [0.1, 0.15) is 127 Å². The topological polar surface area (TPSA) is 100 Å². The molecule has 0 aromatic carbocycles. The second kappa shape index (κ2) is 15.8. The van der Waals surface area contributed by atoms with Gasteiger partial charge in [0.2, 0.25) is 0 Å². The third-order valence-corrected chi connectivity index (χ3v) is 16.9. The molecule has 5 aliphatic carbocycles. The Morgan fingerprint density at radius 2 is 1.66 bits per heavy atom. The Morgan fingerprint density at radius 1 is 0.948 bits per heavy atom. The van der Waals surface area contributed by atoms with Crippen molar-refractivity contribution in [2.24, 2.45) is 56.2 Å². The Morgan fingerprint density at radius 3 is 2.26 bits per heavy atom. The zero-order valence-electron chi connectivity index (χ0n) is 37.5. The fraction of sp³-hybridized carbons (Fsp3) is 0.729. The first-order chi connectivity index (χ1) is 27.0. The van der Waals surface area contributed by atoms with Crippen molar-refractivity contribution in [3.05, 3.63) is 46.3 Å². The highest BCUT2D eigenvalue weighted by molar-refractivity contribution is 6.30. The highest BCUT2D eigenvalue weighted by Crippen LogP contribution is 2.77. The number of pyridine rings is 1. The summed E-state index contributed by atoms with van der Waals surface area (Å²) < 4.78 is 6.26. The Kier molecular flexibility index (Phi) is 12.1. The number of ketones is 1. The van der Waals surface area contributed by atoms with Crippen molar-refractivity contribution in [3.63, 3.8) is 0 Å². The van der Waals surface area contributed by atoms with Crippen molar-refractivity contribution >= 4 is 41.7 Å². The van der Waals surface area contributed by atoms with Gasteiger partial charge in [-0.1, -0.05) is 73.9 Å². The smallest absolute Gasteiger partial charge is 0.307 e. The van der Waals surface area contributed by atoms with Crippen molar-refractivity contribution in [1.29, 1.82) is 0 Å². The molecular weight excluding hydrogens is 748 g/mol. The average molecular weight is 820 g/mol. The maximum absolute atomic E-state index is 14.6. The number of hydrogen-bond acceptors (Lipinski definition) is 9. The average Bonchev–Trinajstić information content (AvgIpc) is 3.45. The summed E-state index contributed by atoms with van der Waals surface area (Å²) in [5.41, 5.74) is 1.62. The minimum atomic E-state index is -0.740. The Bertz CT molecular complexity index is 1840. The molecule has 58 heavy (non-hydrogen) atoms. The maximum Gasteiger partial charge on any atom is 0.307 e. The number of Topliss-reactive ketones (excluding diaryl/α,β-unsaturated/α-hetero) is 1. The largest absolute Gasteiger partial charge is 0.462 e. The minimum absolute atomic E-state index is 0.0186. The molecule has 7 unspecified atom stereocenters. The number of aromatic nitrogens is 1. The number of anilines is 1. The van der Waals surface area contributed by atoms with Crippen LogP contribution in [0.4, 0.5) is 5.82 Å². The van der Waals surface area contributed by atoms with Crippen LogP contribution in [-0.4, -0.2) is 79.6 Å². The van der Waals surface area contributed by atoms with E-state index in [0.29, 0.717) is 35.6 Å². The molecule has 1 aromatic rings. The van der Waals surface area contributed by atoms with Crippen LogP contribution in [0, 0.1) is 56.2 Å². The van der Waals surface area contributed by atoms with Gasteiger partial charge in [-0.25, -0.2) is 4.98 Å². The van der Waals surface area contributed by atoms with E-state index in [9.17, 15) is 19.2 Å². The summed E-state index contributed by atoms with van der Waals surface area (Å²) in [5.74, 6) is 1.77. The number of rotatable bonds is 13. The lowest BCUT2D eigenvalue weighted by Gasteiger charge is -2.72. The standard InChI is InChI=1S/C48H71ClN4O5/c1-31(2)41-34(56)27-48(37(19-26-54)53(25-24-51(10)11)52(12)39-16-13-32(49)29-50-39)23-22-46(8)33(42(41)48)14-15-36-45(7)20-18-38(58-40(57)28-43(3,4)30-55)44(5,6)35(45)17-21-47(36,46)9/h13,16,19,26,29-31,33,35-36,38H,14-15,17-18,20-25,27-28H2,1-12H3/b37-19-/t33?,35?,36?,38?,45?,46-,47?,48?/m1/s1. The van der Waals surface area contributed by atoms with E-state index < -0.39 is 10.8 Å². The van der Waals surface area contributed by atoms with Crippen LogP contribution in [0.15, 0.2) is 41.2 Å². The van der Waals surface area contributed by atoms with Gasteiger partial charge in [-0.2, -0.15) is 0 Å². The lowest BCUT2D eigenvalue weighted by Crippen LogP contribution is -2.66. The molecule has 4 saturated carbocycles. The van der Waals surface area contributed by atoms with Gasteiger partial charge in [-0.05, 0) is 135 Å². The van der Waals surface area contributed by atoms with E-state index in [1.807, 2.05) is 24.2 Å². The second-order valence-electron chi connectivity index (χ2n) is 21.4. The first kappa shape index (κ1) is 44.5. The van der Waals surface area contributed by atoms with Crippen LogP contribution in [0.3, 0.4) is 0 Å². The van der Waals surface area contributed by atoms with Crippen LogP contribution < -0.4 is 5.01 Å². The summed E-state index contributed by atoms with van der Waals surface area (Å²) in [4.78, 5) is 59.1. The highest BCUT2D eigenvalue weighted by Gasteiger charge is 2.71. The third-order valence-electron chi connectivity index (χ3n) is 16.7. The lowest BCUT2D eigenvalue weighted by atomic mass is 9.33. The number of nitrogens with zero attached hydrogens (tertiary/aromatic N) is 4. The number of carbonyl (C=O) groups excluding carboxylic acids is 4. The summed E-state index contributed by atoms with van der Waals surface area (Å²) in [6, 6.07) is 3.74. The minimum Gasteiger partial charge on any atom is -0.462 e. The van der Waals surface area contributed by atoms with Crippen LogP contribution in [-0.2, 0) is 23.9 Å². The molecular formula is C48H71ClN4O5. The van der Waals surface area contributed by atoms with Gasteiger partial charge in [0.1, 0.15) is 24.5 Å². The van der Waals surface area contributed by atoms with E-state index in [4.69, 9.17) is 16.3 Å². The van der Waals surface area contributed by atoms with Crippen molar-refractivity contribution < 1.29 is 23.9 Å². The third kappa shape index (κ3) is 7.20. The number of allylic oxidation sites excluding steroid dienone is 3. The summed E-state index contributed by atoms with van der Waals surface area (Å²) in [6.07, 6.45) is 13.2. The predicted molar refractivity (Wildman–Crippen MR) is 231 cm³/mol. The number of fused-ring (bicyclic) bond motifs is 7. The predicted octanol–water partition coefficient (Wildman–Crippen LogP) is 9.54. The van der Waals surface area contributed by atoms with Gasteiger partial charge in [0.15, 0.2) is 5.78 Å². The van der Waals surface area contributed by atoms with Crippen molar-refractivity contribution in [2.75, 3.05) is 39.2 Å². The number of carbonyl (C=O) groups is 4. The number of ether oxygens (including phenoxy) is 1. The maximum atomic E-state index is 14.6. The molecule has 0 saturated heterocycles. The summed E-state index contributed by atoms with van der Waals surface area (Å²) in [7, 11) is 6.10. The van der Waals surface area contributed by atoms with Crippen molar-refractivity contribution in [3.8, 4) is 0 Å². The zero-order chi connectivity index (χ0) is 42.8. The molecule has 4 fully saturated rings. The number of halogens is 1. The molecule has 1 heterocycles. The van der Waals surface area contributed by atoms with Crippen LogP contribution in [0.2, 0.25) is 5.02 Å². The van der Waals surface area contributed by atoms with E-state index in [0.717, 1.165) is 81.8 Å². The number of aldehydes is 2. The first-order valence-corrected chi connectivity index (χ1v) is 22.3. The Labute approximate surface area is 353 Å². The molecule has 0 spiro atoms. The number of hydrazine groups is 1. The highest BCUT2D eigenvalue weighted by atomic mass is 35.5. The SMILES string of the molecule is CC(C)C1=C2C3CCC4C5(C)CCC(OC(=O)CC(C)(C)C=O)C(C)(C)C5CCC4(C)[C@]3(C)CCC2(/C(=C/C=O)N(CCN(C)C)N(C)c2ccc(Cl)cn2)CC1=O. The van der Waals surface area contributed by atoms with E-state index >= 15 is 0 Å². The summed E-state index contributed by atoms with van der Waals surface area (Å²) in [6.45, 7) is 21.6. The molecule has 320 valence electrons. The van der Waals surface area contributed by atoms with Gasteiger partial charge >= 0.3 is 5.97 Å². The molecule has 10 heteroatoms. The van der Waals surface area contributed by atoms with Gasteiger partial charge in [0.05, 0.1) is 18.0 Å². The molecule has 1 aromatic heterocycles. The fourth-order valence-electron chi connectivity index (χ4n) is 13.7. The van der Waals surface area contributed by atoms with Crippen LogP contribution in [0.25, 0.3) is 0 Å². The van der Waals surface area contributed by atoms with Crippen LogP contribution >= 0.6 is 11.6 Å². The van der Waals surface area contributed by atoms with E-state index in [1.165, 1.54) is 5.57 Å². The number of likely N-dealkylation sites (N-methyl/N-ethyl adjacent to an activating group) is 1. The monoisotopic (exact) mass is 819 g/mol. The van der Waals surface area contributed by atoms with E-state index in [1.54, 1.807) is 26.1 Å². The molecule has 6 rings (SSSR count). The molecule has 8 atom stereocenters. The Hall–Kier alpha value is -3.04. The molecule has 0 bridgehead atoms. The first-order valence-electron chi connectivity index (χ1n) is 21.9. The lowest BCUT2D eigenvalue weighted by molar-refractivity contribution is -0.233. The van der Waals surface area contributed by atoms with Gasteiger partial charge in [-0.15, -0.1) is 0 Å². The van der Waals surface area contributed by atoms with E-state index in [-0.39, 0.29) is 57.8 Å². The second-order valence-corrected chi connectivity index (χ2v) is 21.8. The molecule has 0 N–H and O–H groups in total. The van der Waals surface area contributed by atoms with Gasteiger partial charge in [0, 0.05) is 48.2 Å². The molecule has 9 nitrogen and oxygen atoms in total. The fourth-order valence-corrected chi connectivity index (χ4v) is 13.8. The Balaban J connectivity index is 1.39. The van der Waals surface area contributed by atoms with Gasteiger partial charge in [0.25, 0.3) is 0 Å². The molecule has 0 aliphatic heterocycles. The summed E-state index contributed by atoms with van der Waals surface area (Å²) >= 11 is 6.28. The summed E-state index contributed by atoms with van der Waals surface area (Å²) in [5, 5.41) is 4.80. The quantitative estimate of drug-likeness (QED) is 0.0834. The van der Waals surface area contributed by atoms with Crippen LogP contribution in [0.5, 0.6) is 0 Å². The van der Waals surface area contributed by atoms with Crippen molar-refractivity contribution in [1.82, 2.24) is 14.9 Å². The van der Waals surface area contributed by atoms with Gasteiger partial charge < -0.3 is 14.4 Å². The number of hydrogen-bond donors (Lipinski definition) is 0. The van der Waals surface area contributed by atoms with Gasteiger partial charge in [-0.3, -0.25) is 24.4 Å². The normalized spacial score (nSPS) is 34.5.